The first kappa shape index (κ1) is 21.3. The van der Waals surface area contributed by atoms with Crippen LogP contribution in [-0.4, -0.2) is 17.6 Å². The van der Waals surface area contributed by atoms with E-state index in [0.717, 1.165) is 22.7 Å². The van der Waals surface area contributed by atoms with Gasteiger partial charge < -0.3 is 20.7 Å². The van der Waals surface area contributed by atoms with Gasteiger partial charge in [-0.15, -0.1) is 0 Å². The van der Waals surface area contributed by atoms with Crippen LogP contribution in [0.5, 0.6) is 5.75 Å². The van der Waals surface area contributed by atoms with Crippen LogP contribution in [0.15, 0.2) is 66.7 Å². The Morgan fingerprint density at radius 1 is 0.867 bits per heavy atom. The fourth-order valence-corrected chi connectivity index (χ4v) is 3.11. The molecular weight excluding hydrogens is 394 g/mol. The lowest BCUT2D eigenvalue weighted by atomic mass is 10.1. The fourth-order valence-electron chi connectivity index (χ4n) is 2.88. The van der Waals surface area contributed by atoms with Gasteiger partial charge in [-0.25, -0.2) is 0 Å². The third-order valence-electron chi connectivity index (χ3n) is 4.68. The van der Waals surface area contributed by atoms with Gasteiger partial charge in [0.25, 0.3) is 5.91 Å². The molecule has 0 fully saturated rings. The lowest BCUT2D eigenvalue weighted by molar-refractivity contribution is 0.102. The summed E-state index contributed by atoms with van der Waals surface area (Å²) in [7, 11) is 0. The van der Waals surface area contributed by atoms with Gasteiger partial charge in [-0.3, -0.25) is 4.79 Å². The van der Waals surface area contributed by atoms with Crippen molar-refractivity contribution >= 4 is 40.3 Å². The number of anilines is 3. The highest BCUT2D eigenvalue weighted by Gasteiger charge is 2.08. The van der Waals surface area contributed by atoms with Crippen LogP contribution in [0.3, 0.4) is 0 Å². The number of hydrogen-bond donors (Lipinski definition) is 3. The maximum atomic E-state index is 12.5. The Balaban J connectivity index is 1.58. The number of benzene rings is 3. The van der Waals surface area contributed by atoms with E-state index in [0.29, 0.717) is 23.0 Å². The third kappa shape index (κ3) is 5.58. The maximum absolute atomic E-state index is 12.5. The van der Waals surface area contributed by atoms with E-state index in [1.165, 1.54) is 5.56 Å². The zero-order valence-electron chi connectivity index (χ0n) is 17.3. The Labute approximate surface area is 182 Å². The molecule has 0 saturated heterocycles. The Morgan fingerprint density at radius 2 is 1.50 bits per heavy atom. The summed E-state index contributed by atoms with van der Waals surface area (Å²) in [6, 6.07) is 20.5. The number of aryl methyl sites for hydroxylation is 1. The SMILES string of the molecule is CCOc1ccc(NC(=O)c2ccc(NC(=S)Nc3cccc(C)c3C)cc2)cc1. The van der Waals surface area contributed by atoms with Crippen LogP contribution in [0.25, 0.3) is 0 Å². The summed E-state index contributed by atoms with van der Waals surface area (Å²) in [5, 5.41) is 9.73. The molecule has 0 aliphatic carbocycles. The first-order valence-corrected chi connectivity index (χ1v) is 10.2. The first-order chi connectivity index (χ1) is 14.5. The van der Waals surface area contributed by atoms with Crippen molar-refractivity contribution in [2.75, 3.05) is 22.6 Å². The average Bonchev–Trinajstić information content (AvgIpc) is 2.73. The standard InChI is InChI=1S/C24H25N3O2S/c1-4-29-21-14-12-19(13-15-21)25-23(28)18-8-10-20(11-9-18)26-24(30)27-22-7-5-6-16(2)17(22)3/h5-15H,4H2,1-3H3,(H,25,28)(H2,26,27,30). The van der Waals surface area contributed by atoms with Crippen molar-refractivity contribution in [1.82, 2.24) is 0 Å². The number of hydrogen-bond acceptors (Lipinski definition) is 3. The van der Waals surface area contributed by atoms with Crippen LogP contribution in [0, 0.1) is 13.8 Å². The largest absolute Gasteiger partial charge is 0.494 e. The number of carbonyl (C=O) groups is 1. The van der Waals surface area contributed by atoms with Crippen LogP contribution in [0.1, 0.15) is 28.4 Å². The van der Waals surface area contributed by atoms with Crippen molar-refractivity contribution < 1.29 is 9.53 Å². The van der Waals surface area contributed by atoms with Crippen LogP contribution in [0.4, 0.5) is 17.1 Å². The lowest BCUT2D eigenvalue weighted by Gasteiger charge is -2.14. The average molecular weight is 420 g/mol. The van der Waals surface area contributed by atoms with Crippen LogP contribution in [-0.2, 0) is 0 Å². The van der Waals surface area contributed by atoms with E-state index in [1.807, 2.05) is 55.5 Å². The number of ether oxygens (including phenoxy) is 1. The van der Waals surface area contributed by atoms with Gasteiger partial charge >= 0.3 is 0 Å². The van der Waals surface area contributed by atoms with Gasteiger partial charge in [0.2, 0.25) is 0 Å². The number of nitrogens with one attached hydrogen (secondary N) is 3. The topological polar surface area (TPSA) is 62.4 Å². The number of amides is 1. The van der Waals surface area contributed by atoms with E-state index in [2.05, 4.69) is 35.9 Å². The summed E-state index contributed by atoms with van der Waals surface area (Å²) in [6.07, 6.45) is 0. The first-order valence-electron chi connectivity index (χ1n) is 9.74. The quantitative estimate of drug-likeness (QED) is 0.443. The molecule has 0 aromatic heterocycles. The Bertz CT molecular complexity index is 1030. The van der Waals surface area contributed by atoms with Crippen LogP contribution in [0.2, 0.25) is 0 Å². The van der Waals surface area contributed by atoms with E-state index in [9.17, 15) is 4.79 Å². The molecule has 0 saturated carbocycles. The monoisotopic (exact) mass is 419 g/mol. The summed E-state index contributed by atoms with van der Waals surface area (Å²) < 4.78 is 5.41. The third-order valence-corrected chi connectivity index (χ3v) is 4.89. The normalized spacial score (nSPS) is 10.2. The minimum atomic E-state index is -0.179. The molecule has 0 bridgehead atoms. The zero-order chi connectivity index (χ0) is 21.5. The van der Waals surface area contributed by atoms with Crippen molar-refractivity contribution in [1.29, 1.82) is 0 Å². The minimum absolute atomic E-state index is 0.179. The molecular formula is C24H25N3O2S. The lowest BCUT2D eigenvalue weighted by Crippen LogP contribution is -2.20. The van der Waals surface area contributed by atoms with Crippen molar-refractivity contribution in [2.24, 2.45) is 0 Å². The zero-order valence-corrected chi connectivity index (χ0v) is 18.1. The van der Waals surface area contributed by atoms with Gasteiger partial charge in [-0.05, 0) is 98.7 Å². The fraction of sp³-hybridized carbons (Fsp3) is 0.167. The van der Waals surface area contributed by atoms with Crippen molar-refractivity contribution in [3.8, 4) is 5.75 Å². The van der Waals surface area contributed by atoms with E-state index in [4.69, 9.17) is 17.0 Å². The van der Waals surface area contributed by atoms with Gasteiger partial charge in [0.1, 0.15) is 5.75 Å². The predicted octanol–water partition coefficient (Wildman–Crippen LogP) is 5.76. The van der Waals surface area contributed by atoms with E-state index in [1.54, 1.807) is 12.1 Å². The highest BCUT2D eigenvalue weighted by Crippen LogP contribution is 2.19. The molecule has 0 spiro atoms. The Hall–Kier alpha value is -3.38. The van der Waals surface area contributed by atoms with Gasteiger partial charge in [0.05, 0.1) is 6.61 Å². The smallest absolute Gasteiger partial charge is 0.255 e. The predicted molar refractivity (Wildman–Crippen MR) is 128 cm³/mol. The van der Waals surface area contributed by atoms with E-state index in [-0.39, 0.29) is 5.91 Å². The molecule has 0 atom stereocenters. The molecule has 5 nitrogen and oxygen atoms in total. The molecule has 0 aliphatic rings. The maximum Gasteiger partial charge on any atom is 0.255 e. The molecule has 0 heterocycles. The Kier molecular flexibility index (Phi) is 7.03. The van der Waals surface area contributed by atoms with E-state index >= 15 is 0 Å². The molecule has 3 rings (SSSR count). The molecule has 0 radical (unpaired) electrons. The molecule has 3 N–H and O–H groups in total. The van der Waals surface area contributed by atoms with Crippen LogP contribution >= 0.6 is 12.2 Å². The molecule has 0 unspecified atom stereocenters. The second-order valence-electron chi connectivity index (χ2n) is 6.82. The molecule has 154 valence electrons. The molecule has 30 heavy (non-hydrogen) atoms. The van der Waals surface area contributed by atoms with E-state index < -0.39 is 0 Å². The molecule has 1 amide bonds. The summed E-state index contributed by atoms with van der Waals surface area (Å²) in [6.45, 7) is 6.66. The number of carbonyl (C=O) groups excluding carboxylic acids is 1. The molecule has 0 aliphatic heterocycles. The molecule has 3 aromatic carbocycles. The molecule has 6 heteroatoms. The van der Waals surface area contributed by atoms with Crippen molar-refractivity contribution in [2.45, 2.75) is 20.8 Å². The van der Waals surface area contributed by atoms with Crippen LogP contribution < -0.4 is 20.7 Å². The van der Waals surface area contributed by atoms with Gasteiger partial charge in [0, 0.05) is 22.6 Å². The minimum Gasteiger partial charge on any atom is -0.494 e. The van der Waals surface area contributed by atoms with Gasteiger partial charge in [-0.1, -0.05) is 12.1 Å². The number of thiocarbonyl (C=S) groups is 1. The summed E-state index contributed by atoms with van der Waals surface area (Å²) in [5.41, 5.74) is 5.40. The van der Waals surface area contributed by atoms with Crippen molar-refractivity contribution in [3.05, 3.63) is 83.4 Å². The van der Waals surface area contributed by atoms with Gasteiger partial charge in [0.15, 0.2) is 5.11 Å². The summed E-state index contributed by atoms with van der Waals surface area (Å²) in [4.78, 5) is 12.5. The Morgan fingerprint density at radius 3 is 2.17 bits per heavy atom. The highest BCUT2D eigenvalue weighted by molar-refractivity contribution is 7.80. The van der Waals surface area contributed by atoms with Gasteiger partial charge in [-0.2, -0.15) is 0 Å². The number of rotatable bonds is 6. The summed E-state index contributed by atoms with van der Waals surface area (Å²) in [5.74, 6) is 0.596. The second-order valence-corrected chi connectivity index (χ2v) is 7.22. The summed E-state index contributed by atoms with van der Waals surface area (Å²) >= 11 is 5.41. The second kappa shape index (κ2) is 9.89. The van der Waals surface area contributed by atoms with Crippen molar-refractivity contribution in [3.63, 3.8) is 0 Å². The highest BCUT2D eigenvalue weighted by atomic mass is 32.1. The molecule has 3 aromatic rings.